The Balaban J connectivity index is 1.88. The summed E-state index contributed by atoms with van der Waals surface area (Å²) in [6.07, 6.45) is 4.14. The van der Waals surface area contributed by atoms with Gasteiger partial charge >= 0.3 is 0 Å². The van der Waals surface area contributed by atoms with E-state index < -0.39 is 10.0 Å². The Bertz CT molecular complexity index is 608. The lowest BCUT2D eigenvalue weighted by molar-refractivity contribution is 0.232. The molecular weight excluding hydrogens is 308 g/mol. The highest BCUT2D eigenvalue weighted by molar-refractivity contribution is 7.89. The molecule has 2 unspecified atom stereocenters. The number of piperidine rings is 1. The van der Waals surface area contributed by atoms with Crippen LogP contribution in [-0.2, 0) is 10.0 Å². The smallest absolute Gasteiger partial charge is 0.243 e. The number of fused-ring (bicyclic) bond motifs is 2. The van der Waals surface area contributed by atoms with Crippen LogP contribution in [0.5, 0.6) is 0 Å². The van der Waals surface area contributed by atoms with Crippen molar-refractivity contribution in [1.29, 1.82) is 0 Å². The Morgan fingerprint density at radius 2 is 1.95 bits per heavy atom. The zero-order valence-corrected chi connectivity index (χ0v) is 13.7. The molecule has 2 aliphatic heterocycles. The van der Waals surface area contributed by atoms with Crippen molar-refractivity contribution >= 4 is 21.6 Å². The third kappa shape index (κ3) is 2.97. The molecule has 1 aromatic rings. The van der Waals surface area contributed by atoms with Crippen molar-refractivity contribution in [1.82, 2.24) is 9.62 Å². The number of nitrogens with zero attached hydrogens (tertiary/aromatic N) is 1. The second-order valence-corrected chi connectivity index (χ2v) is 8.26. The highest BCUT2D eigenvalue weighted by Gasteiger charge is 2.39. The fraction of sp³-hybridized carbons (Fsp3) is 0.600. The normalized spacial score (nSPS) is 29.0. The summed E-state index contributed by atoms with van der Waals surface area (Å²) in [6, 6.07) is 7.58. The SMILES string of the molecule is CCN(C1CC2CCC(C1)N2)S(=O)(=O)c1cccc(Cl)c1. The van der Waals surface area contributed by atoms with Gasteiger partial charge in [-0.15, -0.1) is 0 Å². The summed E-state index contributed by atoms with van der Waals surface area (Å²) in [6.45, 7) is 2.41. The van der Waals surface area contributed by atoms with Crippen LogP contribution in [0, 0.1) is 0 Å². The van der Waals surface area contributed by atoms with E-state index in [1.807, 2.05) is 6.92 Å². The molecule has 0 spiro atoms. The highest BCUT2D eigenvalue weighted by atomic mass is 35.5. The zero-order valence-electron chi connectivity index (χ0n) is 12.1. The predicted molar refractivity (Wildman–Crippen MR) is 84.0 cm³/mol. The van der Waals surface area contributed by atoms with Crippen LogP contribution in [0.2, 0.25) is 5.02 Å². The summed E-state index contributed by atoms with van der Waals surface area (Å²) < 4.78 is 27.4. The van der Waals surface area contributed by atoms with Crippen molar-refractivity contribution in [3.63, 3.8) is 0 Å². The Labute approximate surface area is 131 Å². The first-order valence-corrected chi connectivity index (χ1v) is 9.36. The average molecular weight is 329 g/mol. The summed E-state index contributed by atoms with van der Waals surface area (Å²) in [7, 11) is -3.47. The lowest BCUT2D eigenvalue weighted by atomic mass is 10.00. The molecule has 0 aromatic heterocycles. The molecule has 0 saturated carbocycles. The second-order valence-electron chi connectivity index (χ2n) is 5.93. The van der Waals surface area contributed by atoms with E-state index in [1.54, 1.807) is 22.5 Å². The molecule has 0 aliphatic carbocycles. The Morgan fingerprint density at radius 1 is 1.29 bits per heavy atom. The second kappa shape index (κ2) is 5.88. The van der Waals surface area contributed by atoms with Crippen LogP contribution in [0.15, 0.2) is 29.2 Å². The van der Waals surface area contributed by atoms with Gasteiger partial charge < -0.3 is 5.32 Å². The number of rotatable bonds is 4. The standard InChI is InChI=1S/C15H21ClN2O2S/c1-2-18(14-9-12-6-7-13(10-14)17-12)21(19,20)15-5-3-4-11(16)8-15/h3-5,8,12-14,17H,2,6-7,9-10H2,1H3. The van der Waals surface area contributed by atoms with Crippen LogP contribution < -0.4 is 5.32 Å². The van der Waals surface area contributed by atoms with Gasteiger partial charge in [-0.25, -0.2) is 8.42 Å². The van der Waals surface area contributed by atoms with Crippen molar-refractivity contribution in [3.05, 3.63) is 29.3 Å². The average Bonchev–Trinajstić information content (AvgIpc) is 2.78. The number of benzene rings is 1. The molecule has 2 heterocycles. The van der Waals surface area contributed by atoms with E-state index in [1.165, 1.54) is 6.07 Å². The van der Waals surface area contributed by atoms with Crippen molar-refractivity contribution < 1.29 is 8.42 Å². The minimum Gasteiger partial charge on any atom is -0.311 e. The number of nitrogens with one attached hydrogen (secondary N) is 1. The molecule has 1 aromatic carbocycles. The molecule has 2 saturated heterocycles. The van der Waals surface area contributed by atoms with Gasteiger partial charge in [-0.1, -0.05) is 24.6 Å². The van der Waals surface area contributed by atoms with E-state index >= 15 is 0 Å². The van der Waals surface area contributed by atoms with Crippen LogP contribution >= 0.6 is 11.6 Å². The molecule has 6 heteroatoms. The molecule has 2 atom stereocenters. The number of hydrogen-bond donors (Lipinski definition) is 1. The molecule has 3 rings (SSSR count). The quantitative estimate of drug-likeness (QED) is 0.924. The molecule has 2 fully saturated rings. The maximum atomic E-state index is 12.9. The minimum atomic E-state index is -3.47. The maximum absolute atomic E-state index is 12.9. The van der Waals surface area contributed by atoms with Crippen molar-refractivity contribution in [2.75, 3.05) is 6.54 Å². The Hall–Kier alpha value is -0.620. The first-order chi connectivity index (χ1) is 10.0. The Kier molecular flexibility index (Phi) is 4.28. The fourth-order valence-corrected chi connectivity index (χ4v) is 5.61. The van der Waals surface area contributed by atoms with Crippen molar-refractivity contribution in [2.24, 2.45) is 0 Å². The first kappa shape index (κ1) is 15.3. The molecule has 4 nitrogen and oxygen atoms in total. The number of halogens is 1. The molecule has 1 N–H and O–H groups in total. The molecule has 0 radical (unpaired) electrons. The van der Waals surface area contributed by atoms with E-state index in [0.717, 1.165) is 25.7 Å². The van der Waals surface area contributed by atoms with Crippen molar-refractivity contribution in [3.8, 4) is 0 Å². The summed E-state index contributed by atoms with van der Waals surface area (Å²) in [5.41, 5.74) is 0. The minimum absolute atomic E-state index is 0.0951. The van der Waals surface area contributed by atoms with Crippen LogP contribution in [0.4, 0.5) is 0 Å². The molecule has 21 heavy (non-hydrogen) atoms. The van der Waals surface area contributed by atoms with Crippen LogP contribution in [0.3, 0.4) is 0 Å². The highest BCUT2D eigenvalue weighted by Crippen LogP contribution is 2.32. The van der Waals surface area contributed by atoms with Gasteiger partial charge in [0.1, 0.15) is 0 Å². The van der Waals surface area contributed by atoms with Crippen LogP contribution in [-0.4, -0.2) is 37.4 Å². The van der Waals surface area contributed by atoms with Gasteiger partial charge in [-0.2, -0.15) is 4.31 Å². The third-order valence-electron chi connectivity index (χ3n) is 4.57. The largest absolute Gasteiger partial charge is 0.311 e. The number of sulfonamides is 1. The van der Waals surface area contributed by atoms with E-state index in [0.29, 0.717) is 28.5 Å². The van der Waals surface area contributed by atoms with E-state index in [2.05, 4.69) is 5.32 Å². The van der Waals surface area contributed by atoms with Gasteiger partial charge in [0.2, 0.25) is 10.0 Å². The van der Waals surface area contributed by atoms with Gasteiger partial charge in [0.25, 0.3) is 0 Å². The van der Waals surface area contributed by atoms with E-state index in [-0.39, 0.29) is 6.04 Å². The van der Waals surface area contributed by atoms with E-state index in [9.17, 15) is 8.42 Å². The van der Waals surface area contributed by atoms with E-state index in [4.69, 9.17) is 11.6 Å². The van der Waals surface area contributed by atoms with Crippen LogP contribution in [0.1, 0.15) is 32.6 Å². The molecular formula is C15H21ClN2O2S. The lowest BCUT2D eigenvalue weighted by Crippen LogP contribution is -2.50. The Morgan fingerprint density at radius 3 is 2.52 bits per heavy atom. The van der Waals surface area contributed by atoms with Gasteiger partial charge in [0, 0.05) is 29.7 Å². The van der Waals surface area contributed by atoms with Gasteiger partial charge in [-0.05, 0) is 43.9 Å². The first-order valence-electron chi connectivity index (χ1n) is 7.54. The maximum Gasteiger partial charge on any atom is 0.243 e. The fourth-order valence-electron chi connectivity index (χ4n) is 3.65. The van der Waals surface area contributed by atoms with Gasteiger partial charge in [-0.3, -0.25) is 0 Å². The van der Waals surface area contributed by atoms with Crippen LogP contribution in [0.25, 0.3) is 0 Å². The molecule has 2 aliphatic rings. The number of hydrogen-bond acceptors (Lipinski definition) is 3. The summed E-state index contributed by atoms with van der Waals surface area (Å²) in [4.78, 5) is 0.294. The summed E-state index contributed by atoms with van der Waals surface area (Å²) >= 11 is 5.95. The monoisotopic (exact) mass is 328 g/mol. The third-order valence-corrected chi connectivity index (χ3v) is 6.83. The lowest BCUT2D eigenvalue weighted by Gasteiger charge is -2.36. The molecule has 2 bridgehead atoms. The van der Waals surface area contributed by atoms with Crippen molar-refractivity contribution in [2.45, 2.75) is 55.6 Å². The summed E-state index contributed by atoms with van der Waals surface area (Å²) in [5, 5.41) is 4.01. The zero-order chi connectivity index (χ0) is 15.0. The van der Waals surface area contributed by atoms with Gasteiger partial charge in [0.15, 0.2) is 0 Å². The topological polar surface area (TPSA) is 49.4 Å². The molecule has 116 valence electrons. The summed E-state index contributed by atoms with van der Waals surface area (Å²) in [5.74, 6) is 0. The van der Waals surface area contributed by atoms with Gasteiger partial charge in [0.05, 0.1) is 4.90 Å². The predicted octanol–water partition coefficient (Wildman–Crippen LogP) is 2.63. The molecule has 0 amide bonds.